The van der Waals surface area contributed by atoms with Crippen molar-refractivity contribution in [1.29, 1.82) is 0 Å². The van der Waals surface area contributed by atoms with Crippen molar-refractivity contribution in [3.8, 4) is 0 Å². The average Bonchev–Trinajstić information content (AvgIpc) is 2.79. The summed E-state index contributed by atoms with van der Waals surface area (Å²) in [6.07, 6.45) is 3.31. The topological polar surface area (TPSA) is 51.0 Å². The Hall–Kier alpha value is -0.900. The second-order valence-electron chi connectivity index (χ2n) is 5.13. The molecule has 1 N–H and O–H groups in total. The molecule has 1 fully saturated rings. The molecule has 2 heterocycles. The minimum atomic E-state index is -0.0200. The molecule has 16 heavy (non-hydrogen) atoms. The van der Waals surface area contributed by atoms with Crippen LogP contribution in [0.1, 0.15) is 45.3 Å². The molecule has 4 heteroatoms. The Morgan fingerprint density at radius 3 is 2.88 bits per heavy atom. The number of rotatable bonds is 3. The van der Waals surface area contributed by atoms with Crippen LogP contribution in [-0.4, -0.2) is 23.2 Å². The summed E-state index contributed by atoms with van der Waals surface area (Å²) in [5.41, 5.74) is -0.0200. The van der Waals surface area contributed by atoms with E-state index in [1.54, 1.807) is 0 Å². The van der Waals surface area contributed by atoms with Crippen LogP contribution in [0.2, 0.25) is 0 Å². The summed E-state index contributed by atoms with van der Waals surface area (Å²) in [4.78, 5) is 4.47. The molecular formula is C12H21N3O. The van der Waals surface area contributed by atoms with Crippen LogP contribution >= 0.6 is 0 Å². The molecule has 90 valence electrons. The van der Waals surface area contributed by atoms with E-state index in [4.69, 9.17) is 4.52 Å². The molecule has 1 aliphatic rings. The van der Waals surface area contributed by atoms with Crippen molar-refractivity contribution < 1.29 is 4.52 Å². The first kappa shape index (κ1) is 11.6. The van der Waals surface area contributed by atoms with Gasteiger partial charge in [0.05, 0.1) is 0 Å². The third kappa shape index (κ3) is 2.12. The fourth-order valence-electron chi connectivity index (χ4n) is 2.30. The standard InChI is InChI=1S/C12H21N3O/c1-4-10-14-11(16-15-10)12(2,3)9-6-5-7-13-8-9/h9,13H,4-8H2,1-3H3. The Morgan fingerprint density at radius 2 is 2.31 bits per heavy atom. The first-order valence-corrected chi connectivity index (χ1v) is 6.18. The van der Waals surface area contributed by atoms with Gasteiger partial charge in [0.15, 0.2) is 5.82 Å². The van der Waals surface area contributed by atoms with Gasteiger partial charge in [0, 0.05) is 11.8 Å². The third-order valence-corrected chi connectivity index (χ3v) is 3.65. The third-order valence-electron chi connectivity index (χ3n) is 3.65. The van der Waals surface area contributed by atoms with Crippen molar-refractivity contribution in [1.82, 2.24) is 15.5 Å². The molecular weight excluding hydrogens is 202 g/mol. The second kappa shape index (κ2) is 4.53. The van der Waals surface area contributed by atoms with Gasteiger partial charge in [-0.15, -0.1) is 0 Å². The lowest BCUT2D eigenvalue weighted by Gasteiger charge is -2.34. The highest BCUT2D eigenvalue weighted by Crippen LogP contribution is 2.34. The Kier molecular flexibility index (Phi) is 3.28. The molecule has 0 radical (unpaired) electrons. The van der Waals surface area contributed by atoms with E-state index in [0.29, 0.717) is 5.92 Å². The van der Waals surface area contributed by atoms with Crippen molar-refractivity contribution in [3.63, 3.8) is 0 Å². The SMILES string of the molecule is CCc1noc(C(C)(C)C2CCCNC2)n1. The van der Waals surface area contributed by atoms with E-state index in [1.165, 1.54) is 12.8 Å². The van der Waals surface area contributed by atoms with Gasteiger partial charge < -0.3 is 9.84 Å². The molecule has 1 aromatic rings. The molecule has 1 atom stereocenters. The van der Waals surface area contributed by atoms with E-state index in [1.807, 2.05) is 6.92 Å². The largest absolute Gasteiger partial charge is 0.339 e. The highest BCUT2D eigenvalue weighted by atomic mass is 16.5. The number of piperidine rings is 1. The van der Waals surface area contributed by atoms with Crippen LogP contribution in [-0.2, 0) is 11.8 Å². The molecule has 0 amide bonds. The monoisotopic (exact) mass is 223 g/mol. The van der Waals surface area contributed by atoms with E-state index in [9.17, 15) is 0 Å². The van der Waals surface area contributed by atoms with Gasteiger partial charge in [0.2, 0.25) is 5.89 Å². The Labute approximate surface area is 96.8 Å². The maximum atomic E-state index is 5.38. The number of hydrogen-bond donors (Lipinski definition) is 1. The van der Waals surface area contributed by atoms with Crippen LogP contribution in [0.25, 0.3) is 0 Å². The predicted octanol–water partition coefficient (Wildman–Crippen LogP) is 1.91. The van der Waals surface area contributed by atoms with E-state index in [2.05, 4.69) is 29.3 Å². The number of aromatic nitrogens is 2. The van der Waals surface area contributed by atoms with Gasteiger partial charge in [-0.1, -0.05) is 25.9 Å². The van der Waals surface area contributed by atoms with Crippen LogP contribution in [0.3, 0.4) is 0 Å². The lowest BCUT2D eigenvalue weighted by atomic mass is 9.75. The Morgan fingerprint density at radius 1 is 1.50 bits per heavy atom. The van der Waals surface area contributed by atoms with Gasteiger partial charge in [-0.05, 0) is 31.8 Å². The van der Waals surface area contributed by atoms with Crippen molar-refractivity contribution in [2.75, 3.05) is 13.1 Å². The average molecular weight is 223 g/mol. The number of nitrogens with zero attached hydrogens (tertiary/aromatic N) is 2. The fourth-order valence-corrected chi connectivity index (χ4v) is 2.30. The van der Waals surface area contributed by atoms with Gasteiger partial charge in [0.1, 0.15) is 0 Å². The Balaban J connectivity index is 2.15. The van der Waals surface area contributed by atoms with Gasteiger partial charge in [0.25, 0.3) is 0 Å². The van der Waals surface area contributed by atoms with E-state index < -0.39 is 0 Å². The molecule has 0 bridgehead atoms. The summed E-state index contributed by atoms with van der Waals surface area (Å²) in [5.74, 6) is 2.19. The molecule has 1 aromatic heterocycles. The zero-order chi connectivity index (χ0) is 11.6. The summed E-state index contributed by atoms with van der Waals surface area (Å²) in [7, 11) is 0. The van der Waals surface area contributed by atoms with Crippen LogP contribution in [0.5, 0.6) is 0 Å². The van der Waals surface area contributed by atoms with Crippen molar-refractivity contribution >= 4 is 0 Å². The number of aryl methyl sites for hydroxylation is 1. The Bertz CT molecular complexity index is 340. The van der Waals surface area contributed by atoms with Crippen LogP contribution in [0, 0.1) is 5.92 Å². The summed E-state index contributed by atoms with van der Waals surface area (Å²) in [6, 6.07) is 0. The molecule has 0 aliphatic carbocycles. The van der Waals surface area contributed by atoms with E-state index >= 15 is 0 Å². The molecule has 4 nitrogen and oxygen atoms in total. The molecule has 0 aromatic carbocycles. The predicted molar refractivity (Wildman–Crippen MR) is 62.3 cm³/mol. The van der Waals surface area contributed by atoms with Crippen molar-refractivity contribution in [3.05, 3.63) is 11.7 Å². The normalized spacial score (nSPS) is 22.3. The molecule has 1 saturated heterocycles. The number of hydrogen-bond acceptors (Lipinski definition) is 4. The molecule has 2 rings (SSSR count). The first-order valence-electron chi connectivity index (χ1n) is 6.18. The fraction of sp³-hybridized carbons (Fsp3) is 0.833. The van der Waals surface area contributed by atoms with Crippen molar-refractivity contribution in [2.45, 2.75) is 45.4 Å². The van der Waals surface area contributed by atoms with Gasteiger partial charge in [-0.3, -0.25) is 0 Å². The van der Waals surface area contributed by atoms with Crippen LogP contribution < -0.4 is 5.32 Å². The second-order valence-corrected chi connectivity index (χ2v) is 5.13. The van der Waals surface area contributed by atoms with Gasteiger partial charge >= 0.3 is 0 Å². The summed E-state index contributed by atoms with van der Waals surface area (Å²) >= 11 is 0. The zero-order valence-electron chi connectivity index (χ0n) is 10.4. The smallest absolute Gasteiger partial charge is 0.232 e. The van der Waals surface area contributed by atoms with Crippen LogP contribution in [0.15, 0.2) is 4.52 Å². The minimum absolute atomic E-state index is 0.0200. The zero-order valence-corrected chi connectivity index (χ0v) is 10.4. The maximum Gasteiger partial charge on any atom is 0.232 e. The van der Waals surface area contributed by atoms with E-state index in [0.717, 1.165) is 31.2 Å². The van der Waals surface area contributed by atoms with Crippen LogP contribution in [0.4, 0.5) is 0 Å². The van der Waals surface area contributed by atoms with Crippen molar-refractivity contribution in [2.24, 2.45) is 5.92 Å². The lowest BCUT2D eigenvalue weighted by molar-refractivity contribution is 0.196. The summed E-state index contributed by atoms with van der Waals surface area (Å²) in [6.45, 7) is 8.65. The summed E-state index contributed by atoms with van der Waals surface area (Å²) < 4.78 is 5.38. The molecule has 0 saturated carbocycles. The quantitative estimate of drug-likeness (QED) is 0.850. The van der Waals surface area contributed by atoms with Gasteiger partial charge in [-0.25, -0.2) is 0 Å². The summed E-state index contributed by atoms with van der Waals surface area (Å²) in [5, 5.41) is 7.43. The molecule has 1 unspecified atom stereocenters. The van der Waals surface area contributed by atoms with E-state index in [-0.39, 0.29) is 5.41 Å². The highest BCUT2D eigenvalue weighted by Gasteiger charge is 2.36. The van der Waals surface area contributed by atoms with Gasteiger partial charge in [-0.2, -0.15) is 4.98 Å². The minimum Gasteiger partial charge on any atom is -0.339 e. The number of nitrogens with one attached hydrogen (secondary N) is 1. The maximum absolute atomic E-state index is 5.38. The highest BCUT2D eigenvalue weighted by molar-refractivity contribution is 5.05. The molecule has 0 spiro atoms. The molecule has 1 aliphatic heterocycles. The first-order chi connectivity index (χ1) is 7.64. The lowest BCUT2D eigenvalue weighted by Crippen LogP contribution is -2.40.